The third kappa shape index (κ3) is 2.55. The number of carbonyl (C=O) groups is 1. The van der Waals surface area contributed by atoms with Crippen molar-refractivity contribution in [2.45, 2.75) is 39.5 Å². The van der Waals surface area contributed by atoms with Gasteiger partial charge in [0.1, 0.15) is 5.60 Å². The van der Waals surface area contributed by atoms with Crippen LogP contribution in [0.15, 0.2) is 24.8 Å². The predicted octanol–water partition coefficient (Wildman–Crippen LogP) is 3.58. The molecule has 96 valence electrons. The number of benzene rings is 1. The average Bonchev–Trinajstić information content (AvgIpc) is 2.70. The highest BCUT2D eigenvalue weighted by molar-refractivity contribution is 5.70. The first-order valence-electron chi connectivity index (χ1n) is 6.12. The number of carbonyl (C=O) groups excluding carboxylic acids is 1. The molecule has 1 aliphatic rings. The Hall–Kier alpha value is -1.77. The van der Waals surface area contributed by atoms with Gasteiger partial charge in [-0.1, -0.05) is 30.9 Å². The molecule has 0 unspecified atom stereocenters. The predicted molar refractivity (Wildman–Crippen MR) is 72.0 cm³/mol. The number of rotatable bonds is 1. The quantitative estimate of drug-likeness (QED) is 0.756. The lowest BCUT2D eigenvalue weighted by Gasteiger charge is -2.24. The topological polar surface area (TPSA) is 29.5 Å². The van der Waals surface area contributed by atoms with Crippen molar-refractivity contribution < 1.29 is 9.53 Å². The van der Waals surface area contributed by atoms with Crippen molar-refractivity contribution in [3.8, 4) is 0 Å². The molecule has 0 N–H and O–H groups in total. The normalized spacial score (nSPS) is 14.3. The minimum absolute atomic E-state index is 0.256. The highest BCUT2D eigenvalue weighted by atomic mass is 16.6. The van der Waals surface area contributed by atoms with Crippen molar-refractivity contribution >= 4 is 12.2 Å². The molecule has 0 aliphatic carbocycles. The van der Waals surface area contributed by atoms with Crippen molar-refractivity contribution in [2.75, 3.05) is 0 Å². The maximum atomic E-state index is 12.0. The summed E-state index contributed by atoms with van der Waals surface area (Å²) >= 11 is 0. The average molecular weight is 245 g/mol. The van der Waals surface area contributed by atoms with Crippen LogP contribution < -0.4 is 0 Å². The van der Waals surface area contributed by atoms with E-state index in [4.69, 9.17) is 4.74 Å². The van der Waals surface area contributed by atoms with E-state index in [0.29, 0.717) is 13.1 Å². The second-order valence-electron chi connectivity index (χ2n) is 5.53. The zero-order valence-electron chi connectivity index (χ0n) is 11.2. The molecule has 0 saturated heterocycles. The summed E-state index contributed by atoms with van der Waals surface area (Å²) in [7, 11) is 0. The van der Waals surface area contributed by atoms with Gasteiger partial charge < -0.3 is 4.74 Å². The molecule has 3 heteroatoms. The van der Waals surface area contributed by atoms with Crippen molar-refractivity contribution in [3.63, 3.8) is 0 Å². The molecule has 1 aromatic rings. The van der Waals surface area contributed by atoms with E-state index in [-0.39, 0.29) is 6.09 Å². The fraction of sp³-hybridized carbons (Fsp3) is 0.400. The van der Waals surface area contributed by atoms with Crippen LogP contribution >= 0.6 is 0 Å². The lowest BCUT2D eigenvalue weighted by atomic mass is 10.0. The zero-order valence-corrected chi connectivity index (χ0v) is 11.2. The summed E-state index contributed by atoms with van der Waals surface area (Å²) in [5, 5.41) is 0. The Balaban J connectivity index is 2.15. The number of fused-ring (bicyclic) bond motifs is 1. The van der Waals surface area contributed by atoms with E-state index < -0.39 is 5.60 Å². The first-order valence-corrected chi connectivity index (χ1v) is 6.12. The molecule has 0 fully saturated rings. The standard InChI is InChI=1S/C15H19NO2/c1-5-11-7-6-8-12-9-16(10-13(11)12)14(17)18-15(2,3)4/h5-8H,1,9-10H2,2-4H3. The third-order valence-corrected chi connectivity index (χ3v) is 2.89. The molecular formula is C15H19NO2. The van der Waals surface area contributed by atoms with Gasteiger partial charge in [-0.2, -0.15) is 0 Å². The van der Waals surface area contributed by atoms with Crippen LogP contribution in [-0.2, 0) is 17.8 Å². The first-order chi connectivity index (χ1) is 8.40. The van der Waals surface area contributed by atoms with E-state index in [0.717, 1.165) is 5.56 Å². The van der Waals surface area contributed by atoms with Crippen LogP contribution in [0.4, 0.5) is 4.79 Å². The van der Waals surface area contributed by atoms with Gasteiger partial charge in [0.25, 0.3) is 0 Å². The molecule has 18 heavy (non-hydrogen) atoms. The summed E-state index contributed by atoms with van der Waals surface area (Å²) in [4.78, 5) is 13.7. The number of amides is 1. The van der Waals surface area contributed by atoms with E-state index in [1.165, 1.54) is 11.1 Å². The Bertz CT molecular complexity index is 486. The zero-order chi connectivity index (χ0) is 13.3. The van der Waals surface area contributed by atoms with Gasteiger partial charge in [0, 0.05) is 6.54 Å². The Morgan fingerprint density at radius 2 is 2.11 bits per heavy atom. The van der Waals surface area contributed by atoms with Gasteiger partial charge in [-0.15, -0.1) is 0 Å². The van der Waals surface area contributed by atoms with E-state index >= 15 is 0 Å². The van der Waals surface area contributed by atoms with Gasteiger partial charge in [-0.3, -0.25) is 4.90 Å². The summed E-state index contributed by atoms with van der Waals surface area (Å²) in [6, 6.07) is 6.06. The molecule has 3 nitrogen and oxygen atoms in total. The lowest BCUT2D eigenvalue weighted by molar-refractivity contribution is 0.0242. The van der Waals surface area contributed by atoms with Crippen LogP contribution in [0, 0.1) is 0 Å². The van der Waals surface area contributed by atoms with Crippen molar-refractivity contribution in [1.82, 2.24) is 4.90 Å². The molecule has 0 radical (unpaired) electrons. The second-order valence-corrected chi connectivity index (χ2v) is 5.53. The smallest absolute Gasteiger partial charge is 0.410 e. The molecule has 2 rings (SSSR count). The van der Waals surface area contributed by atoms with E-state index in [2.05, 4.69) is 6.58 Å². The number of hydrogen-bond acceptors (Lipinski definition) is 2. The fourth-order valence-corrected chi connectivity index (χ4v) is 2.09. The molecule has 0 bridgehead atoms. The van der Waals surface area contributed by atoms with Gasteiger partial charge in [-0.05, 0) is 37.5 Å². The summed E-state index contributed by atoms with van der Waals surface area (Å²) < 4.78 is 5.39. The van der Waals surface area contributed by atoms with Gasteiger partial charge in [-0.25, -0.2) is 4.79 Å². The molecule has 0 spiro atoms. The van der Waals surface area contributed by atoms with Gasteiger partial charge in [0.05, 0.1) is 6.54 Å². The molecule has 0 atom stereocenters. The molecule has 1 aromatic carbocycles. The highest BCUT2D eigenvalue weighted by Gasteiger charge is 2.28. The van der Waals surface area contributed by atoms with E-state index in [1.54, 1.807) is 4.90 Å². The van der Waals surface area contributed by atoms with Crippen LogP contribution in [0.3, 0.4) is 0 Å². The fourth-order valence-electron chi connectivity index (χ4n) is 2.09. The van der Waals surface area contributed by atoms with Crippen LogP contribution in [0.1, 0.15) is 37.5 Å². The number of hydrogen-bond donors (Lipinski definition) is 0. The Morgan fingerprint density at radius 1 is 1.39 bits per heavy atom. The van der Waals surface area contributed by atoms with Gasteiger partial charge >= 0.3 is 6.09 Å². The van der Waals surface area contributed by atoms with Crippen LogP contribution in [-0.4, -0.2) is 16.6 Å². The Morgan fingerprint density at radius 3 is 2.72 bits per heavy atom. The molecule has 0 aromatic heterocycles. The van der Waals surface area contributed by atoms with Crippen LogP contribution in [0.2, 0.25) is 0 Å². The van der Waals surface area contributed by atoms with Crippen molar-refractivity contribution in [2.24, 2.45) is 0 Å². The minimum atomic E-state index is -0.451. The third-order valence-electron chi connectivity index (χ3n) is 2.89. The van der Waals surface area contributed by atoms with E-state index in [9.17, 15) is 4.79 Å². The minimum Gasteiger partial charge on any atom is -0.444 e. The molecular weight excluding hydrogens is 226 g/mol. The van der Waals surface area contributed by atoms with Gasteiger partial charge in [0.2, 0.25) is 0 Å². The molecule has 1 aliphatic heterocycles. The highest BCUT2D eigenvalue weighted by Crippen LogP contribution is 2.27. The van der Waals surface area contributed by atoms with Crippen molar-refractivity contribution in [1.29, 1.82) is 0 Å². The summed E-state index contributed by atoms with van der Waals surface area (Å²) in [5.74, 6) is 0. The molecule has 0 saturated carbocycles. The molecule has 1 amide bonds. The first kappa shape index (κ1) is 12.7. The van der Waals surface area contributed by atoms with Crippen LogP contribution in [0.5, 0.6) is 0 Å². The SMILES string of the molecule is C=Cc1cccc2c1CN(C(=O)OC(C)(C)C)C2. The Labute approximate surface area is 108 Å². The molecule has 1 heterocycles. The maximum absolute atomic E-state index is 12.0. The van der Waals surface area contributed by atoms with Crippen molar-refractivity contribution in [3.05, 3.63) is 41.5 Å². The maximum Gasteiger partial charge on any atom is 0.410 e. The largest absolute Gasteiger partial charge is 0.444 e. The summed E-state index contributed by atoms with van der Waals surface area (Å²) in [5.41, 5.74) is 3.00. The monoisotopic (exact) mass is 245 g/mol. The van der Waals surface area contributed by atoms with Crippen LogP contribution in [0.25, 0.3) is 6.08 Å². The summed E-state index contributed by atoms with van der Waals surface area (Å²) in [6.07, 6.45) is 1.57. The van der Waals surface area contributed by atoms with E-state index in [1.807, 2.05) is 45.0 Å². The number of ether oxygens (including phenoxy) is 1. The number of nitrogens with zero attached hydrogens (tertiary/aromatic N) is 1. The lowest BCUT2D eigenvalue weighted by Crippen LogP contribution is -2.33. The Kier molecular flexibility index (Phi) is 3.16. The van der Waals surface area contributed by atoms with Gasteiger partial charge in [0.15, 0.2) is 0 Å². The summed E-state index contributed by atoms with van der Waals surface area (Å²) in [6.45, 7) is 10.7. The second kappa shape index (κ2) is 4.48.